The Morgan fingerprint density at radius 3 is 2.59 bits per heavy atom. The summed E-state index contributed by atoms with van der Waals surface area (Å²) in [5, 5.41) is 2.24. The Morgan fingerprint density at radius 1 is 1.10 bits per heavy atom. The van der Waals surface area contributed by atoms with Crippen molar-refractivity contribution in [2.75, 3.05) is 7.11 Å². The van der Waals surface area contributed by atoms with Gasteiger partial charge in [0.25, 0.3) is 5.56 Å². The lowest BCUT2D eigenvalue weighted by molar-refractivity contribution is -0.133. The summed E-state index contributed by atoms with van der Waals surface area (Å²) in [6.45, 7) is 2.97. The van der Waals surface area contributed by atoms with Crippen LogP contribution in [-0.2, 0) is 16.1 Å². The number of esters is 1. The molecule has 2 aromatic carbocycles. The maximum atomic E-state index is 12.4. The molecule has 0 atom stereocenters. The Bertz CT molecular complexity index is 1360. The van der Waals surface area contributed by atoms with E-state index in [1.54, 1.807) is 6.08 Å². The lowest BCUT2D eigenvalue weighted by Crippen LogP contribution is -2.12. The van der Waals surface area contributed by atoms with Crippen molar-refractivity contribution < 1.29 is 9.53 Å². The Labute approximate surface area is 171 Å². The minimum Gasteiger partial charge on any atom is -0.465 e. The predicted molar refractivity (Wildman–Crippen MR) is 117 cm³/mol. The van der Waals surface area contributed by atoms with E-state index in [0.717, 1.165) is 33.9 Å². The lowest BCUT2D eigenvalue weighted by atomic mass is 10.0. The van der Waals surface area contributed by atoms with Gasteiger partial charge in [0.1, 0.15) is 0 Å². The second-order valence-electron chi connectivity index (χ2n) is 6.59. The minimum atomic E-state index is -0.558. The zero-order valence-corrected chi connectivity index (χ0v) is 16.8. The van der Waals surface area contributed by atoms with Crippen molar-refractivity contribution in [2.45, 2.75) is 13.5 Å². The average Bonchev–Trinajstić information content (AvgIpc) is 3.03. The van der Waals surface area contributed by atoms with Crippen molar-refractivity contribution >= 4 is 51.6 Å². The van der Waals surface area contributed by atoms with Crippen LogP contribution in [0.1, 0.15) is 18.2 Å². The van der Waals surface area contributed by atoms with E-state index in [-0.39, 0.29) is 15.9 Å². The van der Waals surface area contributed by atoms with Gasteiger partial charge < -0.3 is 14.3 Å². The molecule has 0 saturated carbocycles. The van der Waals surface area contributed by atoms with Crippen LogP contribution in [-0.4, -0.2) is 27.6 Å². The number of H-pyrrole nitrogens is 2. The Kier molecular flexibility index (Phi) is 4.90. The number of ether oxygens (including phenoxy) is 1. The summed E-state index contributed by atoms with van der Waals surface area (Å²) in [6.07, 6.45) is 1.70. The number of para-hydroxylation sites is 1. The molecule has 0 aliphatic heterocycles. The molecule has 0 unspecified atom stereocenters. The second-order valence-corrected chi connectivity index (χ2v) is 7.00. The van der Waals surface area contributed by atoms with Gasteiger partial charge in [0.15, 0.2) is 4.77 Å². The zero-order chi connectivity index (χ0) is 20.5. The molecule has 0 aliphatic rings. The van der Waals surface area contributed by atoms with Crippen molar-refractivity contribution in [1.29, 1.82) is 0 Å². The number of rotatable bonds is 4. The molecule has 0 amide bonds. The third-order valence-electron chi connectivity index (χ3n) is 4.88. The fourth-order valence-electron chi connectivity index (χ4n) is 3.64. The van der Waals surface area contributed by atoms with E-state index in [1.807, 2.05) is 30.3 Å². The van der Waals surface area contributed by atoms with Crippen molar-refractivity contribution in [3.63, 3.8) is 0 Å². The van der Waals surface area contributed by atoms with Gasteiger partial charge in [-0.05, 0) is 49.0 Å². The molecule has 0 radical (unpaired) electrons. The number of carbonyl (C=O) groups excluding carboxylic acids is 1. The molecule has 2 aromatic heterocycles. The van der Waals surface area contributed by atoms with Crippen LogP contribution >= 0.6 is 12.2 Å². The SMILES string of the molecule is CCn1c2ccccc2c2cc(/C=C(\C(=O)OC)c3cc(=O)[nH]c(=S)[nH]3)ccc21. The van der Waals surface area contributed by atoms with Gasteiger partial charge in [-0.3, -0.25) is 9.78 Å². The number of hydrogen-bond acceptors (Lipinski definition) is 4. The maximum absolute atomic E-state index is 12.4. The van der Waals surface area contributed by atoms with E-state index in [9.17, 15) is 9.59 Å². The summed E-state index contributed by atoms with van der Waals surface area (Å²) >= 11 is 5.03. The van der Waals surface area contributed by atoms with Crippen LogP contribution in [0.2, 0.25) is 0 Å². The highest BCUT2D eigenvalue weighted by molar-refractivity contribution is 7.71. The number of hydrogen-bond donors (Lipinski definition) is 2. The predicted octanol–water partition coefficient (Wildman–Crippen LogP) is 4.27. The van der Waals surface area contributed by atoms with Gasteiger partial charge >= 0.3 is 5.97 Å². The van der Waals surface area contributed by atoms with E-state index in [2.05, 4.69) is 33.6 Å². The van der Waals surface area contributed by atoms with Gasteiger partial charge in [-0.25, -0.2) is 4.79 Å². The molecular formula is C22H19N3O3S. The highest BCUT2D eigenvalue weighted by Crippen LogP contribution is 2.30. The summed E-state index contributed by atoms with van der Waals surface area (Å²) in [5.41, 5.74) is 3.25. The first-order valence-corrected chi connectivity index (χ1v) is 9.57. The molecule has 2 N–H and O–H groups in total. The van der Waals surface area contributed by atoms with Gasteiger partial charge in [-0.15, -0.1) is 0 Å². The molecule has 4 rings (SSSR count). The van der Waals surface area contributed by atoms with Gasteiger partial charge in [-0.1, -0.05) is 24.3 Å². The number of aromatic amines is 2. The molecule has 146 valence electrons. The monoisotopic (exact) mass is 405 g/mol. The molecule has 0 spiro atoms. The van der Waals surface area contributed by atoms with Crippen molar-refractivity contribution in [2.24, 2.45) is 0 Å². The summed E-state index contributed by atoms with van der Waals surface area (Å²) in [6, 6.07) is 15.5. The molecule has 0 saturated heterocycles. The van der Waals surface area contributed by atoms with Gasteiger partial charge in [0.05, 0.1) is 18.4 Å². The summed E-state index contributed by atoms with van der Waals surface area (Å²) in [4.78, 5) is 29.5. The third-order valence-corrected chi connectivity index (χ3v) is 5.08. The molecule has 0 fully saturated rings. The molecular weight excluding hydrogens is 386 g/mol. The standard InChI is InChI=1S/C22H19N3O3S/c1-3-25-18-7-5-4-6-14(18)15-10-13(8-9-19(15)25)11-16(21(27)28-2)17-12-20(26)24-22(29)23-17/h4-12H,3H2,1-2H3,(H2,23,24,26,29)/b16-11-. The van der Waals surface area contributed by atoms with Crippen LogP contribution in [0, 0.1) is 4.77 Å². The number of nitrogens with one attached hydrogen (secondary N) is 2. The molecule has 7 heteroatoms. The van der Waals surface area contributed by atoms with Gasteiger partial charge in [-0.2, -0.15) is 0 Å². The van der Waals surface area contributed by atoms with Crippen LogP contribution in [0.25, 0.3) is 33.5 Å². The van der Waals surface area contributed by atoms with E-state index >= 15 is 0 Å². The minimum absolute atomic E-state index is 0.142. The maximum Gasteiger partial charge on any atom is 0.339 e. The first-order valence-electron chi connectivity index (χ1n) is 9.17. The quantitative estimate of drug-likeness (QED) is 0.302. The first kappa shape index (κ1) is 18.9. The van der Waals surface area contributed by atoms with Gasteiger partial charge in [0, 0.05) is 34.4 Å². The number of methoxy groups -OCH3 is 1. The van der Waals surface area contributed by atoms with Crippen LogP contribution in [0.5, 0.6) is 0 Å². The highest BCUT2D eigenvalue weighted by atomic mass is 32.1. The van der Waals surface area contributed by atoms with Crippen LogP contribution in [0.15, 0.2) is 53.3 Å². The Morgan fingerprint density at radius 2 is 1.86 bits per heavy atom. The summed E-state index contributed by atoms with van der Waals surface area (Å²) in [5.74, 6) is -0.558. The van der Waals surface area contributed by atoms with Crippen molar-refractivity contribution in [3.8, 4) is 0 Å². The van der Waals surface area contributed by atoms with Crippen molar-refractivity contribution in [1.82, 2.24) is 14.5 Å². The smallest absolute Gasteiger partial charge is 0.339 e. The highest BCUT2D eigenvalue weighted by Gasteiger charge is 2.15. The number of fused-ring (bicyclic) bond motifs is 3. The average molecular weight is 405 g/mol. The largest absolute Gasteiger partial charge is 0.465 e. The van der Waals surface area contributed by atoms with E-state index in [4.69, 9.17) is 17.0 Å². The topological polar surface area (TPSA) is 79.9 Å². The lowest BCUT2D eigenvalue weighted by Gasteiger charge is -2.07. The fourth-order valence-corrected chi connectivity index (χ4v) is 3.85. The number of nitrogens with zero attached hydrogens (tertiary/aromatic N) is 1. The van der Waals surface area contributed by atoms with Crippen LogP contribution < -0.4 is 5.56 Å². The number of benzene rings is 2. The van der Waals surface area contributed by atoms with E-state index < -0.39 is 5.97 Å². The Balaban J connectivity index is 1.95. The summed E-state index contributed by atoms with van der Waals surface area (Å²) < 4.78 is 7.32. The molecule has 6 nitrogen and oxygen atoms in total. The zero-order valence-electron chi connectivity index (χ0n) is 16.0. The number of aromatic nitrogens is 3. The number of aryl methyl sites for hydroxylation is 1. The number of carbonyl (C=O) groups is 1. The molecule has 2 heterocycles. The van der Waals surface area contributed by atoms with Crippen molar-refractivity contribution in [3.05, 3.63) is 74.9 Å². The van der Waals surface area contributed by atoms with Crippen LogP contribution in [0.3, 0.4) is 0 Å². The molecule has 0 aliphatic carbocycles. The summed E-state index contributed by atoms with van der Waals surface area (Å²) in [7, 11) is 1.30. The Hall–Kier alpha value is -3.45. The first-order chi connectivity index (χ1) is 14.0. The second kappa shape index (κ2) is 7.52. The molecule has 4 aromatic rings. The third kappa shape index (κ3) is 3.40. The fraction of sp³-hybridized carbons (Fsp3) is 0.136. The molecule has 0 bridgehead atoms. The van der Waals surface area contributed by atoms with E-state index in [1.165, 1.54) is 13.2 Å². The molecule has 29 heavy (non-hydrogen) atoms. The van der Waals surface area contributed by atoms with Crippen LogP contribution in [0.4, 0.5) is 0 Å². The van der Waals surface area contributed by atoms with Gasteiger partial charge in [0.2, 0.25) is 0 Å². The van der Waals surface area contributed by atoms with E-state index in [0.29, 0.717) is 5.69 Å². The normalized spacial score (nSPS) is 11.9.